The van der Waals surface area contributed by atoms with Crippen molar-refractivity contribution in [3.8, 4) is 5.75 Å². The molecule has 1 saturated heterocycles. The molecule has 7 nitrogen and oxygen atoms in total. The number of hydrogen-bond acceptors (Lipinski definition) is 5. The Morgan fingerprint density at radius 2 is 1.81 bits per heavy atom. The molecule has 0 unspecified atom stereocenters. The van der Waals surface area contributed by atoms with Gasteiger partial charge in [0.1, 0.15) is 12.4 Å². The Bertz CT molecular complexity index is 900. The van der Waals surface area contributed by atoms with Gasteiger partial charge in [-0.3, -0.25) is 9.59 Å². The molecule has 0 bridgehead atoms. The van der Waals surface area contributed by atoms with Gasteiger partial charge >= 0.3 is 0 Å². The van der Waals surface area contributed by atoms with E-state index in [4.69, 9.17) is 9.47 Å². The Morgan fingerprint density at radius 3 is 2.53 bits per heavy atom. The summed E-state index contributed by atoms with van der Waals surface area (Å²) in [4.78, 5) is 26.9. The zero-order valence-corrected chi connectivity index (χ0v) is 19.1. The van der Waals surface area contributed by atoms with Crippen molar-refractivity contribution in [2.24, 2.45) is 5.92 Å². The molecular weight excluding hydrogens is 406 g/mol. The summed E-state index contributed by atoms with van der Waals surface area (Å²) >= 11 is 0. The highest BCUT2D eigenvalue weighted by Gasteiger charge is 2.36. The molecule has 0 aromatic heterocycles. The molecule has 0 radical (unpaired) electrons. The van der Waals surface area contributed by atoms with Crippen molar-refractivity contribution >= 4 is 11.8 Å². The molecule has 2 aromatic carbocycles. The van der Waals surface area contributed by atoms with Crippen molar-refractivity contribution in [3.05, 3.63) is 65.2 Å². The lowest BCUT2D eigenvalue weighted by molar-refractivity contribution is -0.125. The Labute approximate surface area is 190 Å². The number of carbonyl (C=O) groups excluding carboxylic acids is 2. The van der Waals surface area contributed by atoms with Crippen LogP contribution in [0.3, 0.4) is 0 Å². The third-order valence-corrected chi connectivity index (χ3v) is 5.86. The van der Waals surface area contributed by atoms with E-state index in [1.54, 1.807) is 7.11 Å². The van der Waals surface area contributed by atoms with Crippen molar-refractivity contribution in [3.63, 3.8) is 0 Å². The smallest absolute Gasteiger partial charge is 0.246 e. The maximum absolute atomic E-state index is 13.0. The van der Waals surface area contributed by atoms with Crippen LogP contribution in [-0.2, 0) is 27.3 Å². The average Bonchev–Trinajstić information content (AvgIpc) is 3.20. The molecule has 3 rings (SSSR count). The van der Waals surface area contributed by atoms with Crippen molar-refractivity contribution in [2.45, 2.75) is 18.9 Å². The Morgan fingerprint density at radius 1 is 1.03 bits per heavy atom. The van der Waals surface area contributed by atoms with Crippen molar-refractivity contribution < 1.29 is 19.1 Å². The highest BCUT2D eigenvalue weighted by Crippen LogP contribution is 2.32. The number of nitrogens with one attached hydrogen (secondary N) is 2. The Kier molecular flexibility index (Phi) is 8.64. The fourth-order valence-corrected chi connectivity index (χ4v) is 4.17. The van der Waals surface area contributed by atoms with Crippen LogP contribution in [0, 0.1) is 5.92 Å². The van der Waals surface area contributed by atoms with Gasteiger partial charge in [0, 0.05) is 39.2 Å². The molecule has 1 fully saturated rings. The van der Waals surface area contributed by atoms with Crippen LogP contribution in [0.4, 0.5) is 0 Å². The van der Waals surface area contributed by atoms with Crippen LogP contribution in [0.2, 0.25) is 0 Å². The minimum absolute atomic E-state index is 0.0475. The SMILES string of the molecule is COCC(=O)NCc1cccc([C@H]2CN(C)C[C@@H]2C(=O)NCCc2ccc(OC)cc2)c1. The summed E-state index contributed by atoms with van der Waals surface area (Å²) < 4.78 is 10.0. The molecule has 2 amide bonds. The number of likely N-dealkylation sites (tertiary alicyclic amines) is 1. The number of amides is 2. The minimum Gasteiger partial charge on any atom is -0.497 e. The summed E-state index contributed by atoms with van der Waals surface area (Å²) in [6.07, 6.45) is 0.777. The zero-order valence-electron chi connectivity index (χ0n) is 19.1. The first-order valence-corrected chi connectivity index (χ1v) is 10.9. The van der Waals surface area contributed by atoms with Gasteiger partial charge in [-0.25, -0.2) is 0 Å². The number of carbonyl (C=O) groups is 2. The number of rotatable bonds is 10. The first kappa shape index (κ1) is 23.8. The van der Waals surface area contributed by atoms with E-state index in [2.05, 4.69) is 27.7 Å². The standard InChI is InChI=1S/C25H33N3O4/c1-28-15-22(20-6-4-5-19(13-20)14-27-24(29)17-31-2)23(16-28)25(30)26-12-11-18-7-9-21(32-3)10-8-18/h4-10,13,22-23H,11-12,14-17H2,1-3H3,(H,26,30)(H,27,29)/t22-,23+/m1/s1. The number of hydrogen-bond donors (Lipinski definition) is 2. The van der Waals surface area contributed by atoms with E-state index in [0.29, 0.717) is 13.1 Å². The first-order chi connectivity index (χ1) is 15.5. The number of nitrogens with zero attached hydrogens (tertiary/aromatic N) is 1. The van der Waals surface area contributed by atoms with Crippen molar-refractivity contribution in [2.75, 3.05) is 47.5 Å². The fourth-order valence-electron chi connectivity index (χ4n) is 4.17. The molecule has 0 aliphatic carbocycles. The maximum Gasteiger partial charge on any atom is 0.246 e. The first-order valence-electron chi connectivity index (χ1n) is 10.9. The lowest BCUT2D eigenvalue weighted by Crippen LogP contribution is -2.35. The average molecular weight is 440 g/mol. The van der Waals surface area contributed by atoms with Crippen LogP contribution >= 0.6 is 0 Å². The van der Waals surface area contributed by atoms with Crippen LogP contribution in [0.1, 0.15) is 22.6 Å². The normalized spacial score (nSPS) is 18.3. The molecule has 7 heteroatoms. The molecule has 1 aliphatic heterocycles. The van der Waals surface area contributed by atoms with E-state index in [1.165, 1.54) is 7.11 Å². The predicted molar refractivity (Wildman–Crippen MR) is 124 cm³/mol. The van der Waals surface area contributed by atoms with Gasteiger partial charge < -0.3 is 25.0 Å². The predicted octanol–water partition coefficient (Wildman–Crippen LogP) is 1.96. The maximum atomic E-state index is 13.0. The third kappa shape index (κ3) is 6.55. The van der Waals surface area contributed by atoms with Crippen molar-refractivity contribution in [1.82, 2.24) is 15.5 Å². The molecule has 32 heavy (non-hydrogen) atoms. The van der Waals surface area contributed by atoms with Crippen molar-refractivity contribution in [1.29, 1.82) is 0 Å². The summed E-state index contributed by atoms with van der Waals surface area (Å²) in [7, 11) is 5.20. The molecule has 172 valence electrons. The van der Waals surface area contributed by atoms with Crippen LogP contribution in [0.15, 0.2) is 48.5 Å². The van der Waals surface area contributed by atoms with E-state index in [9.17, 15) is 9.59 Å². The molecule has 1 aliphatic rings. The van der Waals surface area contributed by atoms with Gasteiger partial charge in [0.15, 0.2) is 0 Å². The summed E-state index contributed by atoms with van der Waals surface area (Å²) in [6, 6.07) is 16.1. The largest absolute Gasteiger partial charge is 0.497 e. The van der Waals surface area contributed by atoms with E-state index in [1.807, 2.05) is 43.4 Å². The number of methoxy groups -OCH3 is 2. The van der Waals surface area contributed by atoms with E-state index >= 15 is 0 Å². The Balaban J connectivity index is 1.58. The van der Waals surface area contributed by atoms with Crippen LogP contribution in [-0.4, -0.2) is 64.2 Å². The monoisotopic (exact) mass is 439 g/mol. The van der Waals surface area contributed by atoms with Gasteiger partial charge in [0.2, 0.25) is 11.8 Å². The molecule has 0 saturated carbocycles. The van der Waals surface area contributed by atoms with E-state index < -0.39 is 0 Å². The van der Waals surface area contributed by atoms with Crippen LogP contribution < -0.4 is 15.4 Å². The Hall–Kier alpha value is -2.90. The second kappa shape index (κ2) is 11.6. The van der Waals surface area contributed by atoms with Gasteiger partial charge in [0.25, 0.3) is 0 Å². The van der Waals surface area contributed by atoms with Crippen LogP contribution in [0.25, 0.3) is 0 Å². The summed E-state index contributed by atoms with van der Waals surface area (Å²) in [5.41, 5.74) is 3.30. The summed E-state index contributed by atoms with van der Waals surface area (Å²) in [6.45, 7) is 2.65. The molecule has 2 N–H and O–H groups in total. The quantitative estimate of drug-likeness (QED) is 0.592. The topological polar surface area (TPSA) is 79.9 Å². The molecule has 1 heterocycles. The second-order valence-corrected chi connectivity index (χ2v) is 8.28. The molecule has 2 aromatic rings. The van der Waals surface area contributed by atoms with Gasteiger partial charge in [-0.05, 0) is 42.3 Å². The zero-order chi connectivity index (χ0) is 22.9. The third-order valence-electron chi connectivity index (χ3n) is 5.86. The lowest BCUT2D eigenvalue weighted by Gasteiger charge is -2.19. The van der Waals surface area contributed by atoms with E-state index in [-0.39, 0.29) is 30.3 Å². The fraction of sp³-hybridized carbons (Fsp3) is 0.440. The number of benzene rings is 2. The van der Waals surface area contributed by atoms with Gasteiger partial charge in [0.05, 0.1) is 13.0 Å². The van der Waals surface area contributed by atoms with E-state index in [0.717, 1.165) is 42.0 Å². The van der Waals surface area contributed by atoms with Gasteiger partial charge in [-0.1, -0.05) is 36.4 Å². The van der Waals surface area contributed by atoms with Gasteiger partial charge in [-0.15, -0.1) is 0 Å². The molecular formula is C25H33N3O4. The van der Waals surface area contributed by atoms with Crippen LogP contribution in [0.5, 0.6) is 5.75 Å². The number of ether oxygens (including phenoxy) is 2. The molecule has 0 spiro atoms. The highest BCUT2D eigenvalue weighted by atomic mass is 16.5. The molecule has 2 atom stereocenters. The second-order valence-electron chi connectivity index (χ2n) is 8.28. The summed E-state index contributed by atoms with van der Waals surface area (Å²) in [5.74, 6) is 0.791. The highest BCUT2D eigenvalue weighted by molar-refractivity contribution is 5.80. The lowest BCUT2D eigenvalue weighted by atomic mass is 9.87. The summed E-state index contributed by atoms with van der Waals surface area (Å²) in [5, 5.41) is 5.97. The number of likely N-dealkylation sites (N-methyl/N-ethyl adjacent to an activating group) is 1. The van der Waals surface area contributed by atoms with Gasteiger partial charge in [-0.2, -0.15) is 0 Å². The minimum atomic E-state index is -0.146.